The fourth-order valence-electron chi connectivity index (χ4n) is 1.54. The summed E-state index contributed by atoms with van der Waals surface area (Å²) < 4.78 is 23.0. The molecular formula is C14H12FNO3. The first-order chi connectivity index (χ1) is 9.10. The number of nitrogens with two attached hydrogens (primary N) is 1. The molecule has 0 saturated heterocycles. The minimum Gasteiger partial charge on any atom is -0.465 e. The third kappa shape index (κ3) is 3.01. The first-order valence-corrected chi connectivity index (χ1v) is 5.51. The Labute approximate surface area is 109 Å². The van der Waals surface area contributed by atoms with Gasteiger partial charge in [0.15, 0.2) is 0 Å². The van der Waals surface area contributed by atoms with Gasteiger partial charge in [-0.25, -0.2) is 9.18 Å². The lowest BCUT2D eigenvalue weighted by atomic mass is 10.2. The van der Waals surface area contributed by atoms with Crippen LogP contribution in [0.2, 0.25) is 0 Å². The van der Waals surface area contributed by atoms with Crippen molar-refractivity contribution < 1.29 is 18.7 Å². The Kier molecular flexibility index (Phi) is 3.66. The maximum absolute atomic E-state index is 13.0. The van der Waals surface area contributed by atoms with Gasteiger partial charge in [-0.15, -0.1) is 0 Å². The summed E-state index contributed by atoms with van der Waals surface area (Å²) in [5.74, 6) is -0.206. The molecule has 2 aromatic rings. The highest BCUT2D eigenvalue weighted by Gasteiger charge is 2.09. The number of anilines is 1. The molecule has 0 unspecified atom stereocenters. The van der Waals surface area contributed by atoms with Crippen LogP contribution in [0.3, 0.4) is 0 Å². The number of esters is 1. The largest absolute Gasteiger partial charge is 0.465 e. The maximum Gasteiger partial charge on any atom is 0.337 e. The number of carbonyl (C=O) groups excluding carboxylic acids is 1. The van der Waals surface area contributed by atoms with Gasteiger partial charge in [0.25, 0.3) is 0 Å². The second-order valence-corrected chi connectivity index (χ2v) is 3.80. The van der Waals surface area contributed by atoms with Gasteiger partial charge in [-0.05, 0) is 30.3 Å². The number of hydrogen-bond donors (Lipinski definition) is 1. The predicted molar refractivity (Wildman–Crippen MR) is 68.7 cm³/mol. The summed E-state index contributed by atoms with van der Waals surface area (Å²) >= 11 is 0. The van der Waals surface area contributed by atoms with Gasteiger partial charge in [0.05, 0.1) is 18.4 Å². The van der Waals surface area contributed by atoms with Crippen molar-refractivity contribution >= 4 is 11.7 Å². The van der Waals surface area contributed by atoms with Crippen molar-refractivity contribution in [3.8, 4) is 11.5 Å². The van der Waals surface area contributed by atoms with Crippen LogP contribution in [0.15, 0.2) is 42.5 Å². The molecule has 0 saturated carbocycles. The van der Waals surface area contributed by atoms with Crippen molar-refractivity contribution in [3.63, 3.8) is 0 Å². The van der Waals surface area contributed by atoms with Crippen molar-refractivity contribution in [3.05, 3.63) is 53.8 Å². The number of methoxy groups -OCH3 is 1. The van der Waals surface area contributed by atoms with E-state index in [9.17, 15) is 9.18 Å². The number of carbonyl (C=O) groups is 1. The van der Waals surface area contributed by atoms with E-state index in [0.717, 1.165) is 0 Å². The summed E-state index contributed by atoms with van der Waals surface area (Å²) in [5.41, 5.74) is 6.37. The van der Waals surface area contributed by atoms with Crippen molar-refractivity contribution in [1.29, 1.82) is 0 Å². The number of hydrogen-bond acceptors (Lipinski definition) is 4. The zero-order chi connectivity index (χ0) is 13.8. The maximum atomic E-state index is 13.0. The summed E-state index contributed by atoms with van der Waals surface area (Å²) in [4.78, 5) is 11.3. The first-order valence-electron chi connectivity index (χ1n) is 5.51. The summed E-state index contributed by atoms with van der Waals surface area (Å²) in [6.07, 6.45) is 0. The van der Waals surface area contributed by atoms with Crippen LogP contribution in [0, 0.1) is 5.82 Å². The number of benzene rings is 2. The van der Waals surface area contributed by atoms with Crippen molar-refractivity contribution in [2.24, 2.45) is 0 Å². The fraction of sp³-hybridized carbons (Fsp3) is 0.0714. The van der Waals surface area contributed by atoms with Crippen LogP contribution in [0.25, 0.3) is 0 Å². The van der Waals surface area contributed by atoms with Crippen LogP contribution >= 0.6 is 0 Å². The van der Waals surface area contributed by atoms with E-state index in [-0.39, 0.29) is 5.69 Å². The number of nitrogen functional groups attached to an aromatic ring is 1. The first kappa shape index (κ1) is 12.9. The summed E-state index contributed by atoms with van der Waals surface area (Å²) in [5, 5.41) is 0. The van der Waals surface area contributed by atoms with Crippen molar-refractivity contribution in [2.75, 3.05) is 12.8 Å². The van der Waals surface area contributed by atoms with Gasteiger partial charge in [0, 0.05) is 6.07 Å². The Hall–Kier alpha value is -2.56. The van der Waals surface area contributed by atoms with Crippen LogP contribution in [0.5, 0.6) is 11.5 Å². The van der Waals surface area contributed by atoms with Crippen LogP contribution in [-0.2, 0) is 4.74 Å². The molecule has 0 aromatic heterocycles. The molecular weight excluding hydrogens is 249 g/mol. The highest BCUT2D eigenvalue weighted by Crippen LogP contribution is 2.28. The third-order valence-electron chi connectivity index (χ3n) is 2.45. The Bertz CT molecular complexity index is 613. The minimum atomic E-state index is -0.482. The SMILES string of the molecule is COC(=O)c1ccc(Oc2cccc(F)c2)c(N)c1. The quantitative estimate of drug-likeness (QED) is 0.681. The fourth-order valence-corrected chi connectivity index (χ4v) is 1.54. The van der Waals surface area contributed by atoms with Gasteiger partial charge in [-0.2, -0.15) is 0 Å². The van der Waals surface area contributed by atoms with E-state index in [1.807, 2.05) is 0 Å². The Balaban J connectivity index is 2.24. The zero-order valence-corrected chi connectivity index (χ0v) is 10.2. The Morgan fingerprint density at radius 1 is 1.21 bits per heavy atom. The van der Waals surface area contributed by atoms with Crippen molar-refractivity contribution in [1.82, 2.24) is 0 Å². The molecule has 0 atom stereocenters. The molecule has 0 spiro atoms. The van der Waals surface area contributed by atoms with Gasteiger partial charge < -0.3 is 15.2 Å². The molecule has 98 valence electrons. The van der Waals surface area contributed by atoms with E-state index in [1.165, 1.54) is 43.5 Å². The van der Waals surface area contributed by atoms with Crippen LogP contribution in [-0.4, -0.2) is 13.1 Å². The molecule has 4 nitrogen and oxygen atoms in total. The second kappa shape index (κ2) is 5.39. The molecule has 0 aliphatic rings. The molecule has 0 amide bonds. The van der Waals surface area contributed by atoms with E-state index < -0.39 is 11.8 Å². The van der Waals surface area contributed by atoms with E-state index in [2.05, 4.69) is 4.74 Å². The molecule has 0 radical (unpaired) electrons. The number of ether oxygens (including phenoxy) is 2. The topological polar surface area (TPSA) is 61.5 Å². The van der Waals surface area contributed by atoms with Gasteiger partial charge >= 0.3 is 5.97 Å². The average Bonchev–Trinajstić information content (AvgIpc) is 2.40. The van der Waals surface area contributed by atoms with Gasteiger partial charge in [-0.3, -0.25) is 0 Å². The molecule has 0 heterocycles. The van der Waals surface area contributed by atoms with E-state index >= 15 is 0 Å². The lowest BCUT2D eigenvalue weighted by Gasteiger charge is -2.09. The standard InChI is InChI=1S/C14H12FNO3/c1-18-14(17)9-5-6-13(12(16)7-9)19-11-4-2-3-10(15)8-11/h2-8H,16H2,1H3. The zero-order valence-electron chi connectivity index (χ0n) is 10.2. The number of rotatable bonds is 3. The highest BCUT2D eigenvalue weighted by atomic mass is 19.1. The highest BCUT2D eigenvalue weighted by molar-refractivity contribution is 5.90. The second-order valence-electron chi connectivity index (χ2n) is 3.80. The monoisotopic (exact) mass is 261 g/mol. The minimum absolute atomic E-state index is 0.271. The lowest BCUT2D eigenvalue weighted by Crippen LogP contribution is -2.02. The van der Waals surface area contributed by atoms with Gasteiger partial charge in [0.1, 0.15) is 17.3 Å². The normalized spacial score (nSPS) is 10.0. The smallest absolute Gasteiger partial charge is 0.337 e. The molecule has 5 heteroatoms. The Morgan fingerprint density at radius 3 is 2.63 bits per heavy atom. The summed E-state index contributed by atoms with van der Waals surface area (Å²) in [6, 6.07) is 10.2. The van der Waals surface area contributed by atoms with Gasteiger partial charge in [-0.1, -0.05) is 6.07 Å². The molecule has 0 aliphatic heterocycles. The summed E-state index contributed by atoms with van der Waals surface area (Å²) in [7, 11) is 1.29. The van der Waals surface area contributed by atoms with E-state index in [0.29, 0.717) is 17.1 Å². The molecule has 0 bridgehead atoms. The van der Waals surface area contributed by atoms with E-state index in [1.54, 1.807) is 6.07 Å². The molecule has 2 rings (SSSR count). The van der Waals surface area contributed by atoms with Gasteiger partial charge in [0.2, 0.25) is 0 Å². The molecule has 0 fully saturated rings. The van der Waals surface area contributed by atoms with Crippen molar-refractivity contribution in [2.45, 2.75) is 0 Å². The third-order valence-corrected chi connectivity index (χ3v) is 2.45. The molecule has 0 aliphatic carbocycles. The molecule has 19 heavy (non-hydrogen) atoms. The average molecular weight is 261 g/mol. The van der Waals surface area contributed by atoms with Crippen LogP contribution in [0.1, 0.15) is 10.4 Å². The van der Waals surface area contributed by atoms with Crippen LogP contribution < -0.4 is 10.5 Å². The molecule has 2 N–H and O–H groups in total. The van der Waals surface area contributed by atoms with E-state index in [4.69, 9.17) is 10.5 Å². The predicted octanol–water partition coefficient (Wildman–Crippen LogP) is 2.99. The molecule has 2 aromatic carbocycles. The van der Waals surface area contributed by atoms with Crippen LogP contribution in [0.4, 0.5) is 10.1 Å². The summed E-state index contributed by atoms with van der Waals surface area (Å²) in [6.45, 7) is 0. The lowest BCUT2D eigenvalue weighted by molar-refractivity contribution is 0.0601. The number of halogens is 1. The Morgan fingerprint density at radius 2 is 2.00 bits per heavy atom.